The smallest absolute Gasteiger partial charge is 0.338 e. The number of carbonyl (C=O) groups is 1. The Morgan fingerprint density at radius 1 is 1.11 bits per heavy atom. The molecule has 0 N–H and O–H groups in total. The molecule has 0 aliphatic carbocycles. The van der Waals surface area contributed by atoms with E-state index < -0.39 is 16.9 Å². The van der Waals surface area contributed by atoms with Crippen molar-refractivity contribution in [2.75, 3.05) is 13.7 Å². The number of thiazole rings is 1. The number of aromatic nitrogens is 1. The Morgan fingerprint density at radius 3 is 2.56 bits per heavy atom. The maximum Gasteiger partial charge on any atom is 0.338 e. The molecule has 1 aliphatic heterocycles. The molecule has 6 rings (SSSR count). The highest BCUT2D eigenvalue weighted by Crippen LogP contribution is 2.36. The monoisotopic (exact) mass is 641 g/mol. The van der Waals surface area contributed by atoms with E-state index in [1.54, 1.807) is 55.5 Å². The standard InChI is InChI=1S/C33H24ClN3O7S/c1-3-43-32(39)28-29(19-7-5-4-6-8-19)35-33-36(30(28)20-9-11-21(34)12-10-20)31(38)27(45-33)18-23-14-16-25(44-23)24-15-13-22(37(40)41)17-26(24)42-2/h4-18,30H,3H2,1-2H3/b27-18-/t30-/m1/s1. The molecular weight excluding hydrogens is 618 g/mol. The Bertz CT molecular complexity index is 2150. The summed E-state index contributed by atoms with van der Waals surface area (Å²) in [4.78, 5) is 43.5. The van der Waals surface area contributed by atoms with E-state index in [1.807, 2.05) is 30.3 Å². The summed E-state index contributed by atoms with van der Waals surface area (Å²) in [5, 5.41) is 11.7. The van der Waals surface area contributed by atoms with Crippen molar-refractivity contribution >= 4 is 46.4 Å². The van der Waals surface area contributed by atoms with Gasteiger partial charge >= 0.3 is 5.97 Å². The van der Waals surface area contributed by atoms with Gasteiger partial charge in [0.2, 0.25) is 0 Å². The number of benzene rings is 3. The number of fused-ring (bicyclic) bond motifs is 1. The fourth-order valence-corrected chi connectivity index (χ4v) is 6.21. The second kappa shape index (κ2) is 12.4. The summed E-state index contributed by atoms with van der Waals surface area (Å²) < 4.78 is 18.7. The van der Waals surface area contributed by atoms with Crippen LogP contribution in [0.2, 0.25) is 5.02 Å². The molecule has 5 aromatic rings. The number of nitro groups is 1. The third kappa shape index (κ3) is 5.70. The van der Waals surface area contributed by atoms with Crippen molar-refractivity contribution in [2.24, 2.45) is 4.99 Å². The number of methoxy groups -OCH3 is 1. The molecule has 1 aliphatic rings. The summed E-state index contributed by atoms with van der Waals surface area (Å²) >= 11 is 7.35. The lowest BCUT2D eigenvalue weighted by molar-refractivity contribution is -0.384. The summed E-state index contributed by atoms with van der Waals surface area (Å²) in [6, 6.07) is 23.0. The summed E-state index contributed by atoms with van der Waals surface area (Å²) in [7, 11) is 1.42. The lowest BCUT2D eigenvalue weighted by Gasteiger charge is -2.25. The molecule has 1 atom stereocenters. The molecule has 0 bridgehead atoms. The lowest BCUT2D eigenvalue weighted by atomic mass is 9.93. The van der Waals surface area contributed by atoms with E-state index in [0.29, 0.717) is 48.3 Å². The average Bonchev–Trinajstić information content (AvgIpc) is 3.64. The summed E-state index contributed by atoms with van der Waals surface area (Å²) in [6.45, 7) is 1.86. The maximum atomic E-state index is 14.1. The molecule has 0 spiro atoms. The van der Waals surface area contributed by atoms with Gasteiger partial charge in [-0.05, 0) is 42.8 Å². The van der Waals surface area contributed by atoms with Crippen molar-refractivity contribution in [3.05, 3.63) is 142 Å². The minimum atomic E-state index is -0.841. The Hall–Kier alpha value is -5.26. The molecule has 12 heteroatoms. The zero-order valence-electron chi connectivity index (χ0n) is 23.9. The molecule has 226 valence electrons. The quantitative estimate of drug-likeness (QED) is 0.120. The van der Waals surface area contributed by atoms with Gasteiger partial charge in [0.05, 0.1) is 52.1 Å². The van der Waals surface area contributed by atoms with Gasteiger partial charge in [-0.25, -0.2) is 9.79 Å². The van der Waals surface area contributed by atoms with Gasteiger partial charge in [-0.15, -0.1) is 0 Å². The van der Waals surface area contributed by atoms with Crippen LogP contribution in [0.1, 0.15) is 29.9 Å². The number of nitrogens with zero attached hydrogens (tertiary/aromatic N) is 3. The molecular formula is C33H24ClN3O7S. The normalized spacial score (nSPS) is 14.6. The molecule has 3 heterocycles. The second-order valence-electron chi connectivity index (χ2n) is 9.83. The number of nitro benzene ring substituents is 1. The van der Waals surface area contributed by atoms with Crippen molar-refractivity contribution in [1.82, 2.24) is 4.57 Å². The van der Waals surface area contributed by atoms with Crippen molar-refractivity contribution in [2.45, 2.75) is 13.0 Å². The van der Waals surface area contributed by atoms with Crippen molar-refractivity contribution < 1.29 is 23.6 Å². The van der Waals surface area contributed by atoms with Crippen molar-refractivity contribution in [3.63, 3.8) is 0 Å². The molecule has 0 radical (unpaired) electrons. The van der Waals surface area contributed by atoms with Crippen molar-refractivity contribution in [1.29, 1.82) is 0 Å². The van der Waals surface area contributed by atoms with Gasteiger partial charge in [-0.2, -0.15) is 0 Å². The van der Waals surface area contributed by atoms with Crippen LogP contribution >= 0.6 is 22.9 Å². The van der Waals surface area contributed by atoms with Crippen LogP contribution in [-0.2, 0) is 9.53 Å². The summed E-state index contributed by atoms with van der Waals surface area (Å²) in [5.74, 6) is 0.455. The third-order valence-corrected chi connectivity index (χ3v) is 8.36. The predicted octanol–water partition coefficient (Wildman–Crippen LogP) is 5.77. The molecule has 0 fully saturated rings. The number of hydrogen-bond donors (Lipinski definition) is 0. The van der Waals surface area contributed by atoms with Gasteiger partial charge in [0.25, 0.3) is 11.2 Å². The second-order valence-corrected chi connectivity index (χ2v) is 11.3. The van der Waals surface area contributed by atoms with Crippen molar-refractivity contribution in [3.8, 4) is 17.1 Å². The highest BCUT2D eigenvalue weighted by Gasteiger charge is 2.35. The number of rotatable bonds is 8. The number of non-ortho nitro benzene ring substituents is 1. The van der Waals surface area contributed by atoms with E-state index in [1.165, 1.54) is 23.8 Å². The molecule has 0 saturated heterocycles. The van der Waals surface area contributed by atoms with E-state index in [-0.39, 0.29) is 29.2 Å². The van der Waals surface area contributed by atoms with E-state index in [9.17, 15) is 19.7 Å². The molecule has 3 aromatic carbocycles. The number of halogens is 1. The number of furan rings is 1. The number of ether oxygens (including phenoxy) is 2. The minimum Gasteiger partial charge on any atom is -0.496 e. The SMILES string of the molecule is CCOC(=O)C1=C(c2ccccc2)N=c2s/c(=C\c3ccc(-c4ccc([N+](=O)[O-])cc4OC)o3)c(=O)n2[C@@H]1c1ccc(Cl)cc1. The van der Waals surface area contributed by atoms with E-state index in [0.717, 1.165) is 11.3 Å². The lowest BCUT2D eigenvalue weighted by Crippen LogP contribution is -2.39. The minimum absolute atomic E-state index is 0.115. The van der Waals surface area contributed by atoms with Crippen LogP contribution in [0.5, 0.6) is 5.75 Å². The highest BCUT2D eigenvalue weighted by molar-refractivity contribution is 7.07. The Labute approximate surface area is 264 Å². The maximum absolute atomic E-state index is 14.1. The highest BCUT2D eigenvalue weighted by atomic mass is 35.5. The van der Waals surface area contributed by atoms with E-state index >= 15 is 0 Å². The molecule has 0 amide bonds. The number of esters is 1. The molecule has 45 heavy (non-hydrogen) atoms. The topological polar surface area (TPSA) is 126 Å². The van der Waals surface area contributed by atoms with Gasteiger partial charge in [-0.3, -0.25) is 19.5 Å². The van der Waals surface area contributed by atoms with Crippen LogP contribution in [-0.4, -0.2) is 29.2 Å². The first-order valence-electron chi connectivity index (χ1n) is 13.8. The number of hydrogen-bond acceptors (Lipinski definition) is 9. The van der Waals surface area contributed by atoms with Gasteiger partial charge in [-0.1, -0.05) is 65.4 Å². The zero-order valence-corrected chi connectivity index (χ0v) is 25.5. The zero-order chi connectivity index (χ0) is 31.7. The Morgan fingerprint density at radius 2 is 1.87 bits per heavy atom. The van der Waals surface area contributed by atoms with Crippen LogP contribution in [0.4, 0.5) is 5.69 Å². The average molecular weight is 642 g/mol. The first-order valence-corrected chi connectivity index (χ1v) is 14.9. The fourth-order valence-electron chi connectivity index (χ4n) is 5.10. The predicted molar refractivity (Wildman–Crippen MR) is 170 cm³/mol. The molecule has 0 saturated carbocycles. The van der Waals surface area contributed by atoms with Gasteiger partial charge in [0, 0.05) is 22.7 Å². The number of carbonyl (C=O) groups excluding carboxylic acids is 1. The molecule has 2 aromatic heterocycles. The van der Waals surface area contributed by atoms with Gasteiger partial charge < -0.3 is 13.9 Å². The van der Waals surface area contributed by atoms with Gasteiger partial charge in [0.15, 0.2) is 4.80 Å². The van der Waals surface area contributed by atoms with Crippen LogP contribution in [0.3, 0.4) is 0 Å². The first kappa shape index (κ1) is 29.8. The van der Waals surface area contributed by atoms with Crippen LogP contribution in [0.15, 0.2) is 105 Å². The Balaban J connectivity index is 1.52. The van der Waals surface area contributed by atoms with Crippen LogP contribution < -0.4 is 19.6 Å². The summed E-state index contributed by atoms with van der Waals surface area (Å²) in [6.07, 6.45) is 1.60. The van der Waals surface area contributed by atoms with E-state index in [2.05, 4.69) is 0 Å². The first-order chi connectivity index (χ1) is 21.8. The summed E-state index contributed by atoms with van der Waals surface area (Å²) in [5.41, 5.74) is 2.02. The van der Waals surface area contributed by atoms with E-state index in [4.69, 9.17) is 30.5 Å². The largest absolute Gasteiger partial charge is 0.496 e. The van der Waals surface area contributed by atoms with Crippen LogP contribution in [0.25, 0.3) is 23.1 Å². The van der Waals surface area contributed by atoms with Crippen LogP contribution in [0, 0.1) is 10.1 Å². The third-order valence-electron chi connectivity index (χ3n) is 7.12. The van der Waals surface area contributed by atoms with Gasteiger partial charge in [0.1, 0.15) is 17.3 Å². The molecule has 0 unspecified atom stereocenters. The Kier molecular flexibility index (Phi) is 8.20. The molecule has 10 nitrogen and oxygen atoms in total. The fraction of sp³-hybridized carbons (Fsp3) is 0.121.